The van der Waals surface area contributed by atoms with Crippen molar-refractivity contribution in [3.63, 3.8) is 0 Å². The highest BCUT2D eigenvalue weighted by atomic mass is 79.9. The number of hydrogen-bond donors (Lipinski definition) is 1. The number of thioether (sulfide) groups is 1. The predicted octanol–water partition coefficient (Wildman–Crippen LogP) is 4.31. The average molecular weight is 436 g/mol. The van der Waals surface area contributed by atoms with E-state index in [1.54, 1.807) is 24.3 Å². The summed E-state index contributed by atoms with van der Waals surface area (Å²) in [5.41, 5.74) is 1.10. The van der Waals surface area contributed by atoms with Crippen molar-refractivity contribution in [2.75, 3.05) is 11.1 Å². The lowest BCUT2D eigenvalue weighted by molar-refractivity contribution is -0.150. The number of esters is 1. The molecule has 1 atom stereocenters. The van der Waals surface area contributed by atoms with Crippen molar-refractivity contribution in [2.24, 2.45) is 0 Å². The van der Waals surface area contributed by atoms with Crippen LogP contribution in [0, 0.1) is 0 Å². The standard InChI is InChI=1S/C19H18BrNO4S/c1-12(22)14-3-7-16(8-4-14)21-19(24)13(2)25-18(23)11-26-17-9-5-15(20)6-10-17/h3-10,13H,11H2,1-2H3,(H,21,24). The number of ether oxygens (including phenoxy) is 1. The van der Waals surface area contributed by atoms with Gasteiger partial charge in [0.15, 0.2) is 11.9 Å². The maximum Gasteiger partial charge on any atom is 0.317 e. The topological polar surface area (TPSA) is 72.5 Å². The van der Waals surface area contributed by atoms with Crippen LogP contribution in [0.25, 0.3) is 0 Å². The number of halogens is 1. The molecule has 0 radical (unpaired) electrons. The summed E-state index contributed by atoms with van der Waals surface area (Å²) in [5.74, 6) is -0.824. The summed E-state index contributed by atoms with van der Waals surface area (Å²) in [7, 11) is 0. The molecule has 2 rings (SSSR count). The summed E-state index contributed by atoms with van der Waals surface area (Å²) in [6, 6.07) is 14.1. The molecule has 5 nitrogen and oxygen atoms in total. The van der Waals surface area contributed by atoms with E-state index in [1.165, 1.54) is 25.6 Å². The van der Waals surface area contributed by atoms with Gasteiger partial charge in [-0.25, -0.2) is 0 Å². The zero-order chi connectivity index (χ0) is 19.1. The molecule has 0 aliphatic carbocycles. The van der Waals surface area contributed by atoms with Crippen LogP contribution in [0.2, 0.25) is 0 Å². The second-order valence-corrected chi connectivity index (χ2v) is 7.46. The maximum atomic E-state index is 12.1. The van der Waals surface area contributed by atoms with E-state index in [0.29, 0.717) is 11.3 Å². The molecule has 136 valence electrons. The molecule has 0 aliphatic heterocycles. The lowest BCUT2D eigenvalue weighted by Crippen LogP contribution is -2.30. The van der Waals surface area contributed by atoms with E-state index in [-0.39, 0.29) is 11.5 Å². The van der Waals surface area contributed by atoms with Crippen LogP contribution in [0.1, 0.15) is 24.2 Å². The van der Waals surface area contributed by atoms with Gasteiger partial charge in [0.25, 0.3) is 5.91 Å². The Hall–Kier alpha value is -2.12. The Morgan fingerprint density at radius 3 is 2.27 bits per heavy atom. The number of ketones is 1. The maximum absolute atomic E-state index is 12.1. The second kappa shape index (κ2) is 9.54. The van der Waals surface area contributed by atoms with Gasteiger partial charge in [-0.3, -0.25) is 14.4 Å². The van der Waals surface area contributed by atoms with Gasteiger partial charge in [-0.15, -0.1) is 11.8 Å². The van der Waals surface area contributed by atoms with E-state index in [2.05, 4.69) is 21.2 Å². The number of anilines is 1. The largest absolute Gasteiger partial charge is 0.452 e. The van der Waals surface area contributed by atoms with Gasteiger partial charge >= 0.3 is 5.97 Å². The van der Waals surface area contributed by atoms with Gasteiger partial charge in [-0.2, -0.15) is 0 Å². The number of carbonyl (C=O) groups excluding carboxylic acids is 3. The smallest absolute Gasteiger partial charge is 0.317 e. The number of amides is 1. The van der Waals surface area contributed by atoms with Crippen LogP contribution in [0.3, 0.4) is 0 Å². The Morgan fingerprint density at radius 2 is 1.69 bits per heavy atom. The molecular weight excluding hydrogens is 418 g/mol. The lowest BCUT2D eigenvalue weighted by atomic mass is 10.1. The molecule has 0 aromatic heterocycles. The van der Waals surface area contributed by atoms with Crippen LogP contribution in [0.15, 0.2) is 57.9 Å². The Labute approximate surface area is 164 Å². The fourth-order valence-corrected chi connectivity index (χ4v) is 2.94. The fourth-order valence-electron chi connectivity index (χ4n) is 1.99. The minimum Gasteiger partial charge on any atom is -0.452 e. The van der Waals surface area contributed by atoms with E-state index in [9.17, 15) is 14.4 Å². The van der Waals surface area contributed by atoms with Gasteiger partial charge in [-0.1, -0.05) is 15.9 Å². The molecule has 0 saturated heterocycles. The first-order valence-electron chi connectivity index (χ1n) is 7.85. The molecule has 0 spiro atoms. The van der Waals surface area contributed by atoms with Gasteiger partial charge in [0.2, 0.25) is 0 Å². The van der Waals surface area contributed by atoms with Crippen molar-refractivity contribution < 1.29 is 19.1 Å². The van der Waals surface area contributed by atoms with Crippen LogP contribution in [-0.4, -0.2) is 29.5 Å². The van der Waals surface area contributed by atoms with Crippen molar-refractivity contribution in [3.05, 3.63) is 58.6 Å². The lowest BCUT2D eigenvalue weighted by Gasteiger charge is -2.13. The molecule has 1 N–H and O–H groups in total. The van der Waals surface area contributed by atoms with Crippen molar-refractivity contribution in [1.29, 1.82) is 0 Å². The molecule has 0 aliphatic rings. The third-order valence-electron chi connectivity index (χ3n) is 3.41. The van der Waals surface area contributed by atoms with Crippen molar-refractivity contribution in [3.8, 4) is 0 Å². The van der Waals surface area contributed by atoms with Gasteiger partial charge in [0, 0.05) is 20.6 Å². The summed E-state index contributed by atoms with van der Waals surface area (Å²) in [4.78, 5) is 36.2. The number of Topliss-reactive ketones (excluding diaryl/α,β-unsaturated/α-hetero) is 1. The van der Waals surface area contributed by atoms with Crippen molar-refractivity contribution in [2.45, 2.75) is 24.8 Å². The highest BCUT2D eigenvalue weighted by molar-refractivity contribution is 9.10. The average Bonchev–Trinajstić information content (AvgIpc) is 2.61. The number of carbonyl (C=O) groups is 3. The molecule has 0 heterocycles. The van der Waals surface area contributed by atoms with Crippen LogP contribution in [0.4, 0.5) is 5.69 Å². The SMILES string of the molecule is CC(=O)c1ccc(NC(=O)C(C)OC(=O)CSc2ccc(Br)cc2)cc1. The van der Waals surface area contributed by atoms with Crippen LogP contribution >= 0.6 is 27.7 Å². The molecule has 0 fully saturated rings. The summed E-state index contributed by atoms with van der Waals surface area (Å²) in [5, 5.41) is 2.65. The first-order valence-corrected chi connectivity index (χ1v) is 9.62. The zero-order valence-corrected chi connectivity index (χ0v) is 16.7. The van der Waals surface area contributed by atoms with Gasteiger partial charge in [0.05, 0.1) is 5.75 Å². The monoisotopic (exact) mass is 435 g/mol. The molecule has 26 heavy (non-hydrogen) atoms. The first kappa shape index (κ1) is 20.2. The predicted molar refractivity (Wildman–Crippen MR) is 105 cm³/mol. The highest BCUT2D eigenvalue weighted by Crippen LogP contribution is 2.21. The van der Waals surface area contributed by atoms with E-state index >= 15 is 0 Å². The molecule has 1 unspecified atom stereocenters. The molecule has 2 aromatic rings. The number of hydrogen-bond acceptors (Lipinski definition) is 5. The van der Waals surface area contributed by atoms with Gasteiger partial charge in [-0.05, 0) is 62.4 Å². The van der Waals surface area contributed by atoms with E-state index in [0.717, 1.165) is 9.37 Å². The van der Waals surface area contributed by atoms with Crippen LogP contribution in [0.5, 0.6) is 0 Å². The Morgan fingerprint density at radius 1 is 1.08 bits per heavy atom. The quantitative estimate of drug-likeness (QED) is 0.398. The highest BCUT2D eigenvalue weighted by Gasteiger charge is 2.18. The van der Waals surface area contributed by atoms with E-state index in [4.69, 9.17) is 4.74 Å². The molecular formula is C19H18BrNO4S. The summed E-state index contributed by atoms with van der Waals surface area (Å²) < 4.78 is 6.12. The van der Waals surface area contributed by atoms with Crippen molar-refractivity contribution in [1.82, 2.24) is 0 Å². The minimum atomic E-state index is -0.916. The van der Waals surface area contributed by atoms with Crippen molar-refractivity contribution >= 4 is 51.0 Å². The number of nitrogens with one attached hydrogen (secondary N) is 1. The van der Waals surface area contributed by atoms with E-state index < -0.39 is 18.0 Å². The number of benzene rings is 2. The Balaban J connectivity index is 1.80. The normalized spacial score (nSPS) is 11.5. The summed E-state index contributed by atoms with van der Waals surface area (Å²) in [6.07, 6.45) is -0.916. The molecule has 2 aromatic carbocycles. The third kappa shape index (κ3) is 6.31. The molecule has 0 bridgehead atoms. The molecule has 0 saturated carbocycles. The van der Waals surface area contributed by atoms with E-state index in [1.807, 2.05) is 24.3 Å². The second-order valence-electron chi connectivity index (χ2n) is 5.50. The van der Waals surface area contributed by atoms with Crippen LogP contribution < -0.4 is 5.32 Å². The van der Waals surface area contributed by atoms with Gasteiger partial charge < -0.3 is 10.1 Å². The van der Waals surface area contributed by atoms with Gasteiger partial charge in [0.1, 0.15) is 0 Å². The summed E-state index contributed by atoms with van der Waals surface area (Å²) in [6.45, 7) is 2.99. The first-order chi connectivity index (χ1) is 12.3. The minimum absolute atomic E-state index is 0.0477. The molecule has 7 heteroatoms. The Kier molecular flexibility index (Phi) is 7.41. The summed E-state index contributed by atoms with van der Waals surface area (Å²) >= 11 is 4.69. The number of rotatable bonds is 7. The Bertz CT molecular complexity index is 790. The third-order valence-corrected chi connectivity index (χ3v) is 4.92. The molecule has 1 amide bonds. The fraction of sp³-hybridized carbons (Fsp3) is 0.211. The zero-order valence-electron chi connectivity index (χ0n) is 14.3. The van der Waals surface area contributed by atoms with Crippen LogP contribution in [-0.2, 0) is 14.3 Å².